The van der Waals surface area contributed by atoms with Gasteiger partial charge in [-0.1, -0.05) is 0 Å². The average Bonchev–Trinajstić information content (AvgIpc) is 3.10. The third-order valence-electron chi connectivity index (χ3n) is 3.79. The molecule has 0 radical (unpaired) electrons. The summed E-state index contributed by atoms with van der Waals surface area (Å²) in [6.45, 7) is 0.931. The molecule has 2 aromatic heterocycles. The number of benzene rings is 1. The van der Waals surface area contributed by atoms with Crippen molar-refractivity contribution in [2.24, 2.45) is 0 Å². The number of carbonyl (C=O) groups is 1. The van der Waals surface area contributed by atoms with Crippen molar-refractivity contribution in [1.82, 2.24) is 14.6 Å². The summed E-state index contributed by atoms with van der Waals surface area (Å²) in [5.41, 5.74) is -0.394. The number of ether oxygens (including phenoxy) is 2. The molecule has 0 bridgehead atoms. The summed E-state index contributed by atoms with van der Waals surface area (Å²) < 4.78 is 51.8. The van der Waals surface area contributed by atoms with Crippen LogP contribution in [0.5, 0.6) is 5.75 Å². The molecule has 1 aromatic carbocycles. The zero-order valence-corrected chi connectivity index (χ0v) is 14.9. The standard InChI is InChI=1S/C17H16F3N5O3/c1-27-8-7-21-12-6-5-11(28-2)15-22-17(24-25(12)15)23-16(26)9-3-4-10(18)14(20)13(9)19/h3-6,21H,7-8H2,1-2H3,(H,23,24,26). The minimum atomic E-state index is -1.73. The molecule has 0 fully saturated rings. The number of aromatic nitrogens is 3. The highest BCUT2D eigenvalue weighted by Gasteiger charge is 2.21. The number of halogens is 3. The van der Waals surface area contributed by atoms with E-state index in [0.29, 0.717) is 30.8 Å². The number of hydrogen-bond acceptors (Lipinski definition) is 6. The molecular formula is C17H16F3N5O3. The second-order valence-corrected chi connectivity index (χ2v) is 5.55. The van der Waals surface area contributed by atoms with E-state index in [-0.39, 0.29) is 11.6 Å². The molecular weight excluding hydrogens is 379 g/mol. The van der Waals surface area contributed by atoms with Crippen LogP contribution in [-0.4, -0.2) is 47.9 Å². The first-order valence-corrected chi connectivity index (χ1v) is 8.07. The topological polar surface area (TPSA) is 89.8 Å². The molecule has 28 heavy (non-hydrogen) atoms. The van der Waals surface area contributed by atoms with Crippen molar-refractivity contribution >= 4 is 23.3 Å². The molecule has 0 atom stereocenters. The highest BCUT2D eigenvalue weighted by molar-refractivity contribution is 6.03. The van der Waals surface area contributed by atoms with Gasteiger partial charge < -0.3 is 14.8 Å². The predicted octanol–water partition coefficient (Wildman–Crippen LogP) is 2.47. The van der Waals surface area contributed by atoms with Crippen molar-refractivity contribution < 1.29 is 27.4 Å². The van der Waals surface area contributed by atoms with Crippen LogP contribution in [-0.2, 0) is 4.74 Å². The van der Waals surface area contributed by atoms with Gasteiger partial charge >= 0.3 is 0 Å². The fraction of sp³-hybridized carbons (Fsp3) is 0.235. The quantitative estimate of drug-likeness (QED) is 0.472. The monoisotopic (exact) mass is 395 g/mol. The molecule has 0 aliphatic heterocycles. The number of pyridine rings is 1. The van der Waals surface area contributed by atoms with Gasteiger partial charge in [0.05, 0.1) is 19.3 Å². The van der Waals surface area contributed by atoms with Crippen molar-refractivity contribution in [3.05, 3.63) is 47.3 Å². The number of anilines is 2. The lowest BCUT2D eigenvalue weighted by molar-refractivity contribution is 0.102. The van der Waals surface area contributed by atoms with Gasteiger partial charge in [-0.15, -0.1) is 5.10 Å². The number of amides is 1. The molecule has 0 saturated heterocycles. The van der Waals surface area contributed by atoms with Crippen molar-refractivity contribution in [3.63, 3.8) is 0 Å². The Labute approximate surface area is 157 Å². The number of fused-ring (bicyclic) bond motifs is 1. The molecule has 2 N–H and O–H groups in total. The Hall–Kier alpha value is -3.34. The maximum Gasteiger partial charge on any atom is 0.261 e. The summed E-state index contributed by atoms with van der Waals surface area (Å²) in [5.74, 6) is -5.00. The number of hydrogen-bond donors (Lipinski definition) is 2. The summed E-state index contributed by atoms with van der Waals surface area (Å²) in [6.07, 6.45) is 0. The van der Waals surface area contributed by atoms with E-state index < -0.39 is 28.9 Å². The Morgan fingerprint density at radius 1 is 1.14 bits per heavy atom. The SMILES string of the molecule is COCCNc1ccc(OC)c2nc(NC(=O)c3ccc(F)c(F)c3F)nn12. The van der Waals surface area contributed by atoms with E-state index in [1.54, 1.807) is 19.2 Å². The maximum atomic E-state index is 13.8. The number of carbonyl (C=O) groups excluding carboxylic acids is 1. The molecule has 0 unspecified atom stereocenters. The smallest absolute Gasteiger partial charge is 0.261 e. The van der Waals surface area contributed by atoms with E-state index in [0.717, 1.165) is 6.07 Å². The van der Waals surface area contributed by atoms with Crippen LogP contribution in [0.25, 0.3) is 5.65 Å². The molecule has 2 heterocycles. The summed E-state index contributed by atoms with van der Waals surface area (Å²) in [6, 6.07) is 4.83. The zero-order valence-electron chi connectivity index (χ0n) is 14.9. The van der Waals surface area contributed by atoms with Crippen molar-refractivity contribution in [1.29, 1.82) is 0 Å². The fourth-order valence-electron chi connectivity index (χ4n) is 2.44. The van der Waals surface area contributed by atoms with Crippen LogP contribution in [0.4, 0.5) is 24.9 Å². The minimum absolute atomic E-state index is 0.173. The van der Waals surface area contributed by atoms with Crippen molar-refractivity contribution in [2.45, 2.75) is 0 Å². The highest BCUT2D eigenvalue weighted by Crippen LogP contribution is 2.24. The van der Waals surface area contributed by atoms with Gasteiger partial charge in [-0.3, -0.25) is 10.1 Å². The molecule has 0 spiro atoms. The first-order chi connectivity index (χ1) is 13.5. The summed E-state index contributed by atoms with van der Waals surface area (Å²) >= 11 is 0. The maximum absolute atomic E-state index is 13.8. The van der Waals surface area contributed by atoms with Gasteiger partial charge in [0.25, 0.3) is 5.91 Å². The summed E-state index contributed by atoms with van der Waals surface area (Å²) in [7, 11) is 3.00. The van der Waals surface area contributed by atoms with Gasteiger partial charge in [-0.25, -0.2) is 13.2 Å². The molecule has 148 valence electrons. The summed E-state index contributed by atoms with van der Waals surface area (Å²) in [4.78, 5) is 16.4. The number of methoxy groups -OCH3 is 2. The van der Waals surface area contributed by atoms with E-state index in [9.17, 15) is 18.0 Å². The second-order valence-electron chi connectivity index (χ2n) is 5.55. The molecule has 0 aliphatic rings. The van der Waals surface area contributed by atoms with Crippen LogP contribution in [0.1, 0.15) is 10.4 Å². The predicted molar refractivity (Wildman–Crippen MR) is 94.2 cm³/mol. The Kier molecular flexibility index (Phi) is 5.64. The fourth-order valence-corrected chi connectivity index (χ4v) is 2.44. The van der Waals surface area contributed by atoms with E-state index in [1.807, 2.05) is 0 Å². The van der Waals surface area contributed by atoms with Crippen LogP contribution < -0.4 is 15.4 Å². The van der Waals surface area contributed by atoms with Crippen molar-refractivity contribution in [3.8, 4) is 5.75 Å². The van der Waals surface area contributed by atoms with Crippen LogP contribution in [0, 0.1) is 17.5 Å². The van der Waals surface area contributed by atoms with Crippen LogP contribution in [0.15, 0.2) is 24.3 Å². The Bertz CT molecular complexity index is 1020. The molecule has 0 aliphatic carbocycles. The third kappa shape index (κ3) is 3.69. The van der Waals surface area contributed by atoms with Gasteiger partial charge in [0, 0.05) is 13.7 Å². The van der Waals surface area contributed by atoms with E-state index >= 15 is 0 Å². The first kappa shape index (κ1) is 19.4. The van der Waals surface area contributed by atoms with Crippen LogP contribution in [0.3, 0.4) is 0 Å². The lowest BCUT2D eigenvalue weighted by Crippen LogP contribution is -2.16. The van der Waals surface area contributed by atoms with E-state index in [1.165, 1.54) is 11.6 Å². The Balaban J connectivity index is 1.92. The summed E-state index contributed by atoms with van der Waals surface area (Å²) in [5, 5.41) is 9.47. The molecule has 0 saturated carbocycles. The third-order valence-corrected chi connectivity index (χ3v) is 3.79. The average molecular weight is 395 g/mol. The lowest BCUT2D eigenvalue weighted by atomic mass is 10.2. The van der Waals surface area contributed by atoms with Crippen molar-refractivity contribution in [2.75, 3.05) is 38.0 Å². The lowest BCUT2D eigenvalue weighted by Gasteiger charge is -2.09. The Morgan fingerprint density at radius 2 is 1.93 bits per heavy atom. The Morgan fingerprint density at radius 3 is 2.64 bits per heavy atom. The van der Waals surface area contributed by atoms with Crippen LogP contribution >= 0.6 is 0 Å². The van der Waals surface area contributed by atoms with Gasteiger partial charge in [0.1, 0.15) is 5.82 Å². The second kappa shape index (κ2) is 8.13. The van der Waals surface area contributed by atoms with Gasteiger partial charge in [-0.05, 0) is 24.3 Å². The molecule has 11 heteroatoms. The first-order valence-electron chi connectivity index (χ1n) is 8.07. The normalized spacial score (nSPS) is 10.9. The molecule has 8 nitrogen and oxygen atoms in total. The van der Waals surface area contributed by atoms with Gasteiger partial charge in [-0.2, -0.15) is 9.50 Å². The van der Waals surface area contributed by atoms with Crippen LogP contribution in [0.2, 0.25) is 0 Å². The molecule has 3 rings (SSSR count). The number of nitrogens with zero attached hydrogens (tertiary/aromatic N) is 3. The number of nitrogens with one attached hydrogen (secondary N) is 2. The van der Waals surface area contributed by atoms with E-state index in [2.05, 4.69) is 20.7 Å². The van der Waals surface area contributed by atoms with E-state index in [4.69, 9.17) is 9.47 Å². The molecule has 3 aromatic rings. The zero-order chi connectivity index (χ0) is 20.3. The largest absolute Gasteiger partial charge is 0.493 e. The number of rotatable bonds is 7. The van der Waals surface area contributed by atoms with Gasteiger partial charge in [0.2, 0.25) is 11.6 Å². The molecule has 1 amide bonds. The minimum Gasteiger partial charge on any atom is -0.493 e. The highest BCUT2D eigenvalue weighted by atomic mass is 19.2. The van der Waals surface area contributed by atoms with Gasteiger partial charge in [0.15, 0.2) is 23.2 Å².